The maximum atomic E-state index is 11.7. The molecule has 1 amide bonds. The van der Waals surface area contributed by atoms with E-state index in [1.165, 1.54) is 6.20 Å². The summed E-state index contributed by atoms with van der Waals surface area (Å²) >= 11 is 3.12. The number of carboxylic acids is 1. The first-order chi connectivity index (χ1) is 10.1. The zero-order valence-electron chi connectivity index (χ0n) is 10.6. The lowest BCUT2D eigenvalue weighted by Gasteiger charge is -2.08. The molecule has 0 aliphatic carbocycles. The standard InChI is InChI=1S/C13H10BrN3O4/c14-9-6-15-11(12(18)19)16-10(9)17-13(20)21-7-8-4-2-1-3-5-8/h1-6H,7H2,(H,18,19)(H,15,16,17,20). The minimum Gasteiger partial charge on any atom is -0.475 e. The zero-order chi connectivity index (χ0) is 15.2. The number of aromatic nitrogens is 2. The zero-order valence-corrected chi connectivity index (χ0v) is 12.2. The third kappa shape index (κ3) is 4.25. The summed E-state index contributed by atoms with van der Waals surface area (Å²) in [4.78, 5) is 29.7. The van der Waals surface area contributed by atoms with Gasteiger partial charge in [0.2, 0.25) is 5.82 Å². The van der Waals surface area contributed by atoms with Crippen LogP contribution >= 0.6 is 15.9 Å². The molecule has 0 fully saturated rings. The van der Waals surface area contributed by atoms with E-state index in [-0.39, 0.29) is 12.4 Å². The Bertz CT molecular complexity index is 664. The van der Waals surface area contributed by atoms with E-state index in [4.69, 9.17) is 9.84 Å². The third-order valence-corrected chi connectivity index (χ3v) is 2.95. The van der Waals surface area contributed by atoms with Gasteiger partial charge in [-0.2, -0.15) is 0 Å². The smallest absolute Gasteiger partial charge is 0.413 e. The predicted octanol–water partition coefficient (Wildman–Crippen LogP) is 2.69. The van der Waals surface area contributed by atoms with Gasteiger partial charge in [-0.15, -0.1) is 0 Å². The van der Waals surface area contributed by atoms with Crippen LogP contribution in [0.3, 0.4) is 0 Å². The second-order valence-electron chi connectivity index (χ2n) is 3.88. The van der Waals surface area contributed by atoms with Crippen molar-refractivity contribution >= 4 is 33.8 Å². The molecule has 21 heavy (non-hydrogen) atoms. The molecule has 2 rings (SSSR count). The van der Waals surface area contributed by atoms with Gasteiger partial charge in [0.1, 0.15) is 6.61 Å². The number of hydrogen-bond acceptors (Lipinski definition) is 5. The number of nitrogens with zero attached hydrogens (tertiary/aromatic N) is 2. The number of rotatable bonds is 4. The minimum atomic E-state index is -1.29. The molecule has 0 aliphatic heterocycles. The molecule has 0 saturated heterocycles. The summed E-state index contributed by atoms with van der Waals surface area (Å²) < 4.78 is 5.36. The van der Waals surface area contributed by atoms with E-state index >= 15 is 0 Å². The van der Waals surface area contributed by atoms with Crippen LogP contribution < -0.4 is 5.32 Å². The number of carbonyl (C=O) groups excluding carboxylic acids is 1. The van der Waals surface area contributed by atoms with Crippen molar-refractivity contribution in [2.45, 2.75) is 6.61 Å². The van der Waals surface area contributed by atoms with Gasteiger partial charge < -0.3 is 9.84 Å². The van der Waals surface area contributed by atoms with Crippen LogP contribution in [0.15, 0.2) is 41.0 Å². The molecular weight excluding hydrogens is 342 g/mol. The molecule has 1 aromatic heterocycles. The molecule has 7 nitrogen and oxygen atoms in total. The van der Waals surface area contributed by atoms with Crippen molar-refractivity contribution in [2.75, 3.05) is 5.32 Å². The van der Waals surface area contributed by atoms with Gasteiger partial charge in [-0.25, -0.2) is 19.6 Å². The first kappa shape index (κ1) is 14.9. The van der Waals surface area contributed by atoms with Gasteiger partial charge in [0.15, 0.2) is 5.82 Å². The molecule has 2 aromatic rings. The summed E-state index contributed by atoms with van der Waals surface area (Å²) in [6.45, 7) is 0.0984. The first-order valence-electron chi connectivity index (χ1n) is 5.80. The van der Waals surface area contributed by atoms with Crippen molar-refractivity contribution in [3.63, 3.8) is 0 Å². The highest BCUT2D eigenvalue weighted by atomic mass is 79.9. The van der Waals surface area contributed by atoms with Gasteiger partial charge in [0.25, 0.3) is 0 Å². The quantitative estimate of drug-likeness (QED) is 0.877. The average Bonchev–Trinajstić information content (AvgIpc) is 2.48. The van der Waals surface area contributed by atoms with E-state index in [0.717, 1.165) is 5.56 Å². The summed E-state index contributed by atoms with van der Waals surface area (Å²) in [6.07, 6.45) is 0.498. The highest BCUT2D eigenvalue weighted by Gasteiger charge is 2.13. The first-order valence-corrected chi connectivity index (χ1v) is 6.59. The van der Waals surface area contributed by atoms with Crippen molar-refractivity contribution in [3.8, 4) is 0 Å². The lowest BCUT2D eigenvalue weighted by molar-refractivity contribution is 0.0683. The summed E-state index contributed by atoms with van der Waals surface area (Å²) in [6, 6.07) is 9.15. The molecule has 0 aliphatic rings. The molecule has 1 heterocycles. The summed E-state index contributed by atoms with van der Waals surface area (Å²) in [5.41, 5.74) is 0.834. The van der Waals surface area contributed by atoms with Crippen molar-refractivity contribution < 1.29 is 19.4 Å². The molecule has 0 unspecified atom stereocenters. The maximum Gasteiger partial charge on any atom is 0.413 e. The monoisotopic (exact) mass is 351 g/mol. The van der Waals surface area contributed by atoms with Gasteiger partial charge in [-0.3, -0.25) is 5.32 Å². The van der Waals surface area contributed by atoms with E-state index in [1.54, 1.807) is 0 Å². The number of anilines is 1. The fourth-order valence-corrected chi connectivity index (χ4v) is 1.70. The Kier molecular flexibility index (Phi) is 4.83. The number of carbonyl (C=O) groups is 2. The number of aromatic carboxylic acids is 1. The lowest BCUT2D eigenvalue weighted by Crippen LogP contribution is -2.16. The van der Waals surface area contributed by atoms with Crippen LogP contribution in [-0.4, -0.2) is 27.1 Å². The second kappa shape index (κ2) is 6.80. The molecule has 0 bridgehead atoms. The van der Waals surface area contributed by atoms with Crippen LogP contribution in [0.25, 0.3) is 0 Å². The Morgan fingerprint density at radius 1 is 1.29 bits per heavy atom. The predicted molar refractivity (Wildman–Crippen MR) is 76.9 cm³/mol. The van der Waals surface area contributed by atoms with Crippen LogP contribution in [0, 0.1) is 0 Å². The van der Waals surface area contributed by atoms with Gasteiger partial charge >= 0.3 is 12.1 Å². The van der Waals surface area contributed by atoms with E-state index in [0.29, 0.717) is 4.47 Å². The van der Waals surface area contributed by atoms with Gasteiger partial charge in [-0.1, -0.05) is 30.3 Å². The Labute approximate surface area is 128 Å². The molecular formula is C13H10BrN3O4. The molecule has 2 N–H and O–H groups in total. The largest absolute Gasteiger partial charge is 0.475 e. The topological polar surface area (TPSA) is 101 Å². The van der Waals surface area contributed by atoms with E-state index in [1.807, 2.05) is 30.3 Å². The molecule has 108 valence electrons. The third-order valence-electron chi connectivity index (χ3n) is 2.37. The van der Waals surface area contributed by atoms with Crippen molar-refractivity contribution in [2.24, 2.45) is 0 Å². The van der Waals surface area contributed by atoms with Crippen molar-refractivity contribution in [3.05, 3.63) is 52.4 Å². The Morgan fingerprint density at radius 2 is 2.00 bits per heavy atom. The Morgan fingerprint density at radius 3 is 2.67 bits per heavy atom. The molecule has 8 heteroatoms. The summed E-state index contributed by atoms with van der Waals surface area (Å²) in [5, 5.41) is 11.2. The fraction of sp³-hybridized carbons (Fsp3) is 0.0769. The van der Waals surface area contributed by atoms with Crippen LogP contribution in [0.5, 0.6) is 0 Å². The van der Waals surface area contributed by atoms with Gasteiger partial charge in [0, 0.05) is 6.20 Å². The second-order valence-corrected chi connectivity index (χ2v) is 4.74. The number of hydrogen-bond donors (Lipinski definition) is 2. The number of halogens is 1. The normalized spacial score (nSPS) is 9.95. The van der Waals surface area contributed by atoms with Crippen LogP contribution in [0.2, 0.25) is 0 Å². The number of ether oxygens (including phenoxy) is 1. The van der Waals surface area contributed by atoms with Crippen LogP contribution in [-0.2, 0) is 11.3 Å². The van der Waals surface area contributed by atoms with Crippen molar-refractivity contribution in [1.82, 2.24) is 9.97 Å². The van der Waals surface area contributed by atoms with Gasteiger partial charge in [-0.05, 0) is 21.5 Å². The van der Waals surface area contributed by atoms with Crippen LogP contribution in [0.1, 0.15) is 16.2 Å². The number of nitrogens with one attached hydrogen (secondary N) is 1. The fourth-order valence-electron chi connectivity index (χ4n) is 1.41. The summed E-state index contributed by atoms with van der Waals surface area (Å²) in [5.74, 6) is -1.68. The molecule has 0 spiro atoms. The number of benzene rings is 1. The molecule has 0 saturated carbocycles. The number of amides is 1. The molecule has 0 radical (unpaired) electrons. The highest BCUT2D eigenvalue weighted by Crippen LogP contribution is 2.18. The highest BCUT2D eigenvalue weighted by molar-refractivity contribution is 9.10. The Hall–Kier alpha value is -2.48. The molecule has 0 atom stereocenters. The lowest BCUT2D eigenvalue weighted by atomic mass is 10.2. The summed E-state index contributed by atoms with van der Waals surface area (Å²) in [7, 11) is 0. The SMILES string of the molecule is O=C(Nc1nc(C(=O)O)ncc1Br)OCc1ccccc1. The average molecular weight is 352 g/mol. The van der Waals surface area contributed by atoms with E-state index in [9.17, 15) is 9.59 Å². The van der Waals surface area contributed by atoms with Crippen molar-refractivity contribution in [1.29, 1.82) is 0 Å². The van der Waals surface area contributed by atoms with Crippen LogP contribution in [0.4, 0.5) is 10.6 Å². The minimum absolute atomic E-state index is 0.0282. The molecule has 1 aromatic carbocycles. The van der Waals surface area contributed by atoms with Gasteiger partial charge in [0.05, 0.1) is 4.47 Å². The number of carboxylic acid groups (broad SMARTS) is 1. The van der Waals surface area contributed by atoms with E-state index < -0.39 is 17.9 Å². The van der Waals surface area contributed by atoms with E-state index in [2.05, 4.69) is 31.2 Å². The maximum absolute atomic E-state index is 11.7. The Balaban J connectivity index is 1.99.